The number of aromatic nitrogens is 1. The predicted octanol–water partition coefficient (Wildman–Crippen LogP) is 6.05. The smallest absolute Gasteiger partial charge is 0.433 e. The molecule has 1 aliphatic carbocycles. The summed E-state index contributed by atoms with van der Waals surface area (Å²) in [5, 5.41) is 9.05. The van der Waals surface area contributed by atoms with E-state index >= 15 is 0 Å². The Morgan fingerprint density at radius 3 is 2.74 bits per heavy atom. The number of alkyl halides is 3. The maximum absolute atomic E-state index is 14.8. The standard InChI is InChI=1S/C25H19F4NO5/c26-18-4-6-19(34-15-7-8-30-22(11-15)25(27,28)29)17-3-5-20(24(17)18)35-14-1-2-16-13(9-23(31)32)12-33-21(16)10-14/h1-2,4,6-8,10-11,13,20H,3,5,9,12H2,(H,31,32)/t13?,20-/m1/s1. The molecule has 2 heterocycles. The van der Waals surface area contributed by atoms with Gasteiger partial charge in [0.1, 0.15) is 40.6 Å². The molecule has 0 fully saturated rings. The number of benzene rings is 2. The van der Waals surface area contributed by atoms with Gasteiger partial charge in [-0.1, -0.05) is 6.07 Å². The van der Waals surface area contributed by atoms with Crippen molar-refractivity contribution in [2.75, 3.05) is 6.61 Å². The molecule has 1 N–H and O–H groups in total. The molecule has 2 atom stereocenters. The number of pyridine rings is 1. The highest BCUT2D eigenvalue weighted by Crippen LogP contribution is 2.44. The molecule has 0 bridgehead atoms. The average molecular weight is 489 g/mol. The second kappa shape index (κ2) is 8.75. The summed E-state index contributed by atoms with van der Waals surface area (Å²) in [6, 6.07) is 9.77. The lowest BCUT2D eigenvalue weighted by atomic mass is 9.98. The molecule has 10 heteroatoms. The molecule has 2 aliphatic rings. The Hall–Kier alpha value is -3.82. The number of halogens is 4. The predicted molar refractivity (Wildman–Crippen MR) is 114 cm³/mol. The minimum Gasteiger partial charge on any atom is -0.492 e. The molecule has 0 saturated heterocycles. The fraction of sp³-hybridized carbons (Fsp3) is 0.280. The summed E-state index contributed by atoms with van der Waals surface area (Å²) in [6.45, 7) is 0.262. The lowest BCUT2D eigenvalue weighted by Gasteiger charge is -2.17. The Morgan fingerprint density at radius 1 is 1.14 bits per heavy atom. The molecule has 0 spiro atoms. The van der Waals surface area contributed by atoms with Gasteiger partial charge in [0.25, 0.3) is 0 Å². The minimum absolute atomic E-state index is 0.0425. The van der Waals surface area contributed by atoms with E-state index in [2.05, 4.69) is 4.98 Å². The van der Waals surface area contributed by atoms with Gasteiger partial charge in [0.05, 0.1) is 13.0 Å². The number of aliphatic carboxylic acids is 1. The van der Waals surface area contributed by atoms with Gasteiger partial charge in [-0.3, -0.25) is 9.78 Å². The second-order valence-corrected chi connectivity index (χ2v) is 8.36. The SMILES string of the molecule is O=C(O)CC1COc2cc(O[C@@H]3CCc4c(Oc5ccnc(C(F)(F)F)c5)ccc(F)c43)ccc21. The fourth-order valence-corrected chi connectivity index (χ4v) is 4.49. The molecule has 6 nitrogen and oxygen atoms in total. The first kappa shape index (κ1) is 22.9. The Morgan fingerprint density at radius 2 is 1.97 bits per heavy atom. The first-order chi connectivity index (χ1) is 16.7. The molecule has 182 valence electrons. The van der Waals surface area contributed by atoms with Crippen LogP contribution in [0.15, 0.2) is 48.7 Å². The molecule has 5 rings (SSSR count). The molecule has 1 aliphatic heterocycles. The summed E-state index contributed by atoms with van der Waals surface area (Å²) >= 11 is 0. The molecule has 0 radical (unpaired) electrons. The largest absolute Gasteiger partial charge is 0.492 e. The monoisotopic (exact) mass is 489 g/mol. The quantitative estimate of drug-likeness (QED) is 0.425. The van der Waals surface area contributed by atoms with E-state index in [1.54, 1.807) is 18.2 Å². The van der Waals surface area contributed by atoms with E-state index in [4.69, 9.17) is 19.3 Å². The third-order valence-electron chi connectivity index (χ3n) is 6.05. The van der Waals surface area contributed by atoms with Crippen LogP contribution >= 0.6 is 0 Å². The lowest BCUT2D eigenvalue weighted by molar-refractivity contribution is -0.141. The number of nitrogens with zero attached hydrogens (tertiary/aromatic N) is 1. The summed E-state index contributed by atoms with van der Waals surface area (Å²) in [5.74, 6) is -0.497. The number of ether oxygens (including phenoxy) is 3. The van der Waals surface area contributed by atoms with Crippen LogP contribution in [0.5, 0.6) is 23.0 Å². The zero-order valence-corrected chi connectivity index (χ0v) is 18.1. The van der Waals surface area contributed by atoms with Gasteiger partial charge in [-0.25, -0.2) is 4.39 Å². The molecule has 0 saturated carbocycles. The lowest BCUT2D eigenvalue weighted by Crippen LogP contribution is -2.08. The van der Waals surface area contributed by atoms with E-state index in [9.17, 15) is 22.4 Å². The maximum Gasteiger partial charge on any atom is 0.433 e. The van der Waals surface area contributed by atoms with Crippen molar-refractivity contribution in [3.05, 3.63) is 76.9 Å². The summed E-state index contributed by atoms with van der Waals surface area (Å²) in [5.41, 5.74) is 0.514. The van der Waals surface area contributed by atoms with E-state index in [0.29, 0.717) is 29.9 Å². The molecule has 35 heavy (non-hydrogen) atoms. The van der Waals surface area contributed by atoms with E-state index in [0.717, 1.165) is 17.8 Å². The summed E-state index contributed by atoms with van der Waals surface area (Å²) in [7, 11) is 0. The molecular weight excluding hydrogens is 470 g/mol. The van der Waals surface area contributed by atoms with E-state index in [1.807, 2.05) is 0 Å². The Kier molecular flexibility index (Phi) is 5.74. The van der Waals surface area contributed by atoms with Crippen molar-refractivity contribution in [2.24, 2.45) is 0 Å². The maximum atomic E-state index is 14.8. The van der Waals surface area contributed by atoms with Crippen molar-refractivity contribution < 1.29 is 41.7 Å². The van der Waals surface area contributed by atoms with Gasteiger partial charge in [-0.15, -0.1) is 0 Å². The van der Waals surface area contributed by atoms with Crippen LogP contribution in [-0.4, -0.2) is 22.7 Å². The van der Waals surface area contributed by atoms with Crippen molar-refractivity contribution >= 4 is 5.97 Å². The van der Waals surface area contributed by atoms with Crippen LogP contribution in [0, 0.1) is 5.82 Å². The molecule has 3 aromatic rings. The number of rotatable bonds is 6. The summed E-state index contributed by atoms with van der Waals surface area (Å²) in [6.07, 6.45) is -3.44. The highest BCUT2D eigenvalue weighted by atomic mass is 19.4. The van der Waals surface area contributed by atoms with Gasteiger partial charge in [-0.05, 0) is 37.1 Å². The normalized spacial score (nSPS) is 18.5. The third kappa shape index (κ3) is 4.60. The number of fused-ring (bicyclic) bond motifs is 2. The molecule has 0 amide bonds. The van der Waals surface area contributed by atoms with Crippen LogP contribution < -0.4 is 14.2 Å². The highest BCUT2D eigenvalue weighted by Gasteiger charge is 2.34. The number of carboxylic acids is 1. The summed E-state index contributed by atoms with van der Waals surface area (Å²) < 4.78 is 71.1. The van der Waals surface area contributed by atoms with E-state index < -0.39 is 29.8 Å². The van der Waals surface area contributed by atoms with Crippen LogP contribution in [0.3, 0.4) is 0 Å². The van der Waals surface area contributed by atoms with Gasteiger partial charge in [0, 0.05) is 40.9 Å². The third-order valence-corrected chi connectivity index (χ3v) is 6.05. The van der Waals surface area contributed by atoms with Crippen molar-refractivity contribution in [1.82, 2.24) is 4.98 Å². The van der Waals surface area contributed by atoms with Crippen LogP contribution in [0.4, 0.5) is 17.6 Å². The highest BCUT2D eigenvalue weighted by molar-refractivity contribution is 5.68. The van der Waals surface area contributed by atoms with Crippen LogP contribution in [0.25, 0.3) is 0 Å². The second-order valence-electron chi connectivity index (χ2n) is 8.36. The van der Waals surface area contributed by atoms with Gasteiger partial charge >= 0.3 is 12.1 Å². The molecule has 2 aromatic carbocycles. The molecular formula is C25H19F4NO5. The van der Waals surface area contributed by atoms with Gasteiger partial charge < -0.3 is 19.3 Å². The summed E-state index contributed by atoms with van der Waals surface area (Å²) in [4.78, 5) is 14.4. The Balaban J connectivity index is 1.37. The minimum atomic E-state index is -4.61. The van der Waals surface area contributed by atoms with Crippen molar-refractivity contribution in [3.8, 4) is 23.0 Å². The molecule has 1 aromatic heterocycles. The average Bonchev–Trinajstić information content (AvgIpc) is 3.40. The Bertz CT molecular complexity index is 1290. The van der Waals surface area contributed by atoms with Gasteiger partial charge in [0.15, 0.2) is 0 Å². The van der Waals surface area contributed by atoms with Crippen LogP contribution in [0.2, 0.25) is 0 Å². The van der Waals surface area contributed by atoms with Gasteiger partial charge in [-0.2, -0.15) is 13.2 Å². The first-order valence-electron chi connectivity index (χ1n) is 10.9. The van der Waals surface area contributed by atoms with E-state index in [1.165, 1.54) is 18.2 Å². The van der Waals surface area contributed by atoms with Crippen molar-refractivity contribution in [3.63, 3.8) is 0 Å². The Labute approximate surface area is 197 Å². The zero-order chi connectivity index (χ0) is 24.7. The molecule has 1 unspecified atom stereocenters. The fourth-order valence-electron chi connectivity index (χ4n) is 4.49. The van der Waals surface area contributed by atoms with Gasteiger partial charge in [0.2, 0.25) is 0 Å². The van der Waals surface area contributed by atoms with Crippen molar-refractivity contribution in [1.29, 1.82) is 0 Å². The van der Waals surface area contributed by atoms with Crippen molar-refractivity contribution in [2.45, 2.75) is 37.5 Å². The number of carboxylic acid groups (broad SMARTS) is 1. The van der Waals surface area contributed by atoms with Crippen LogP contribution in [0.1, 0.15) is 47.2 Å². The number of hydrogen-bond acceptors (Lipinski definition) is 5. The van der Waals surface area contributed by atoms with E-state index in [-0.39, 0.29) is 36.0 Å². The zero-order valence-electron chi connectivity index (χ0n) is 18.1. The van der Waals surface area contributed by atoms with Crippen LogP contribution in [-0.2, 0) is 17.4 Å². The first-order valence-corrected chi connectivity index (χ1v) is 10.9. The number of carbonyl (C=O) groups is 1. The number of hydrogen-bond donors (Lipinski definition) is 1. The topological polar surface area (TPSA) is 77.9 Å².